The minimum Gasteiger partial charge on any atom is -0.463 e. The van der Waals surface area contributed by atoms with Crippen LogP contribution in [-0.4, -0.2) is 49.9 Å². The van der Waals surface area contributed by atoms with Crippen molar-refractivity contribution in [2.24, 2.45) is 10.9 Å². The van der Waals surface area contributed by atoms with Gasteiger partial charge in [0, 0.05) is 24.3 Å². The summed E-state index contributed by atoms with van der Waals surface area (Å²) in [6.45, 7) is 6.07. The molecule has 172 valence electrons. The summed E-state index contributed by atoms with van der Waals surface area (Å²) in [5, 5.41) is 10.8. The second-order valence-electron chi connectivity index (χ2n) is 8.44. The van der Waals surface area contributed by atoms with Crippen molar-refractivity contribution in [3.05, 3.63) is 59.2 Å². The zero-order chi connectivity index (χ0) is 22.9. The number of likely N-dealkylation sites (tertiary alicyclic amines) is 1. The number of rotatable bonds is 9. The van der Waals surface area contributed by atoms with Gasteiger partial charge in [0.15, 0.2) is 0 Å². The van der Waals surface area contributed by atoms with Crippen molar-refractivity contribution in [2.45, 2.75) is 45.2 Å². The highest BCUT2D eigenvalue weighted by atomic mass is 16.5. The molecule has 0 spiro atoms. The Hall–Kier alpha value is -3.06. The Morgan fingerprint density at radius 1 is 1.22 bits per heavy atom. The van der Waals surface area contributed by atoms with Gasteiger partial charge >= 0.3 is 5.97 Å². The van der Waals surface area contributed by atoms with Gasteiger partial charge in [-0.15, -0.1) is 0 Å². The number of benzene rings is 2. The van der Waals surface area contributed by atoms with Gasteiger partial charge in [0.25, 0.3) is 0 Å². The lowest BCUT2D eigenvalue weighted by atomic mass is 9.99. The molecule has 0 aliphatic carbocycles. The molecule has 1 saturated heterocycles. The molecule has 1 unspecified atom stereocenters. The quantitative estimate of drug-likeness (QED) is 0.239. The molecule has 7 nitrogen and oxygen atoms in total. The molecule has 2 aromatic rings. The normalized spacial score (nSPS) is 16.1. The molecular formula is C25H35N5O2. The first-order chi connectivity index (χ1) is 15.5. The molecule has 1 atom stereocenters. The Kier molecular flexibility index (Phi) is 8.50. The van der Waals surface area contributed by atoms with E-state index in [1.165, 1.54) is 12.5 Å². The first-order valence-electron chi connectivity index (χ1n) is 11.3. The van der Waals surface area contributed by atoms with Crippen molar-refractivity contribution in [1.82, 2.24) is 4.90 Å². The van der Waals surface area contributed by atoms with Gasteiger partial charge in [0.1, 0.15) is 6.61 Å². The molecule has 0 saturated carbocycles. The van der Waals surface area contributed by atoms with Crippen molar-refractivity contribution < 1.29 is 9.53 Å². The third-order valence-corrected chi connectivity index (χ3v) is 5.84. The smallest absolute Gasteiger partial charge is 0.302 e. The van der Waals surface area contributed by atoms with Crippen LogP contribution in [0.5, 0.6) is 0 Å². The highest BCUT2D eigenvalue weighted by Crippen LogP contribution is 2.27. The summed E-state index contributed by atoms with van der Waals surface area (Å²) in [6.07, 6.45) is 4.81. The van der Waals surface area contributed by atoms with E-state index in [1.54, 1.807) is 6.21 Å². The summed E-state index contributed by atoms with van der Waals surface area (Å²) in [6, 6.07) is 14.7. The standard InChI is InChI=1S/C25H35N5O2/c1-4-19-13-21(15-24(14-19)28-23-9-11-30(3)12-10-23)25(17-32-18(2)31)29-22-7-5-20(6-8-22)16-27-26/h5-8,13-16,23,25,28-29H,4,9-12,17,26H2,1-3H3. The van der Waals surface area contributed by atoms with Crippen molar-refractivity contribution in [2.75, 3.05) is 37.4 Å². The van der Waals surface area contributed by atoms with E-state index in [1.807, 2.05) is 24.3 Å². The zero-order valence-electron chi connectivity index (χ0n) is 19.3. The van der Waals surface area contributed by atoms with Crippen LogP contribution in [0, 0.1) is 0 Å². The zero-order valence-corrected chi connectivity index (χ0v) is 19.3. The SMILES string of the molecule is CCc1cc(NC2CCN(C)CC2)cc(C(COC(C)=O)Nc2ccc(C=NN)cc2)c1. The summed E-state index contributed by atoms with van der Waals surface area (Å²) in [5.74, 6) is 4.95. The molecule has 3 rings (SSSR count). The van der Waals surface area contributed by atoms with Crippen LogP contribution in [0.25, 0.3) is 0 Å². The molecule has 1 heterocycles. The Morgan fingerprint density at radius 3 is 2.56 bits per heavy atom. The molecule has 1 aliphatic heterocycles. The predicted molar refractivity (Wildman–Crippen MR) is 131 cm³/mol. The maximum Gasteiger partial charge on any atom is 0.302 e. The second-order valence-corrected chi connectivity index (χ2v) is 8.44. The van der Waals surface area contributed by atoms with Gasteiger partial charge < -0.3 is 26.1 Å². The third-order valence-electron chi connectivity index (χ3n) is 5.84. The molecule has 1 aliphatic rings. The number of nitrogens with two attached hydrogens (primary N) is 1. The van der Waals surface area contributed by atoms with Crippen molar-refractivity contribution in [3.63, 3.8) is 0 Å². The summed E-state index contributed by atoms with van der Waals surface area (Å²) in [5.41, 5.74) is 5.32. The second kappa shape index (κ2) is 11.5. The van der Waals surface area contributed by atoms with Gasteiger partial charge in [-0.25, -0.2) is 0 Å². The van der Waals surface area contributed by atoms with E-state index >= 15 is 0 Å². The Bertz CT molecular complexity index is 905. The fraction of sp³-hybridized carbons (Fsp3) is 0.440. The molecule has 7 heteroatoms. The molecule has 2 aromatic carbocycles. The Labute approximate surface area is 191 Å². The van der Waals surface area contributed by atoms with Gasteiger partial charge in [-0.05, 0) is 80.4 Å². The minimum atomic E-state index is -0.289. The van der Waals surface area contributed by atoms with E-state index < -0.39 is 0 Å². The lowest BCUT2D eigenvalue weighted by Crippen LogP contribution is -2.36. The predicted octanol–water partition coefficient (Wildman–Crippen LogP) is 3.76. The van der Waals surface area contributed by atoms with Crippen LogP contribution >= 0.6 is 0 Å². The Balaban J connectivity index is 1.82. The Morgan fingerprint density at radius 2 is 1.94 bits per heavy atom. The van der Waals surface area contributed by atoms with Crippen LogP contribution in [0.2, 0.25) is 0 Å². The molecular weight excluding hydrogens is 402 g/mol. The number of esters is 1. The van der Waals surface area contributed by atoms with Crippen LogP contribution in [0.4, 0.5) is 11.4 Å². The minimum absolute atomic E-state index is 0.169. The third kappa shape index (κ3) is 6.99. The van der Waals surface area contributed by atoms with Crippen LogP contribution < -0.4 is 16.5 Å². The van der Waals surface area contributed by atoms with Crippen LogP contribution in [0.3, 0.4) is 0 Å². The molecule has 0 aromatic heterocycles. The molecule has 32 heavy (non-hydrogen) atoms. The number of carbonyl (C=O) groups is 1. The van der Waals surface area contributed by atoms with E-state index in [9.17, 15) is 4.79 Å². The van der Waals surface area contributed by atoms with Crippen molar-refractivity contribution in [1.29, 1.82) is 0 Å². The van der Waals surface area contributed by atoms with Crippen LogP contribution in [0.1, 0.15) is 49.4 Å². The van der Waals surface area contributed by atoms with E-state index in [0.29, 0.717) is 6.04 Å². The molecule has 0 amide bonds. The maximum atomic E-state index is 11.5. The van der Waals surface area contributed by atoms with E-state index in [0.717, 1.165) is 54.9 Å². The van der Waals surface area contributed by atoms with E-state index in [4.69, 9.17) is 10.6 Å². The van der Waals surface area contributed by atoms with Crippen molar-refractivity contribution >= 4 is 23.6 Å². The fourth-order valence-electron chi connectivity index (χ4n) is 3.97. The summed E-state index contributed by atoms with van der Waals surface area (Å²) >= 11 is 0. The van der Waals surface area contributed by atoms with E-state index in [2.05, 4.69) is 52.8 Å². The summed E-state index contributed by atoms with van der Waals surface area (Å²) in [4.78, 5) is 13.9. The largest absolute Gasteiger partial charge is 0.463 e. The maximum absolute atomic E-state index is 11.5. The number of hydrogen-bond donors (Lipinski definition) is 3. The van der Waals surface area contributed by atoms with Gasteiger partial charge in [0.05, 0.1) is 12.3 Å². The first-order valence-corrected chi connectivity index (χ1v) is 11.3. The van der Waals surface area contributed by atoms with E-state index in [-0.39, 0.29) is 18.6 Å². The highest BCUT2D eigenvalue weighted by Gasteiger charge is 2.19. The summed E-state index contributed by atoms with van der Waals surface area (Å²) in [7, 11) is 2.17. The van der Waals surface area contributed by atoms with Gasteiger partial charge in [0.2, 0.25) is 0 Å². The molecule has 1 fully saturated rings. The first kappa shape index (κ1) is 23.6. The lowest BCUT2D eigenvalue weighted by molar-refractivity contribution is -0.141. The number of carbonyl (C=O) groups excluding carboxylic acids is 1. The number of anilines is 2. The number of ether oxygens (including phenoxy) is 1. The summed E-state index contributed by atoms with van der Waals surface area (Å²) < 4.78 is 5.40. The lowest BCUT2D eigenvalue weighted by Gasteiger charge is -2.30. The number of nitrogens with zero attached hydrogens (tertiary/aromatic N) is 2. The molecule has 0 radical (unpaired) electrons. The van der Waals surface area contributed by atoms with Gasteiger partial charge in [-0.3, -0.25) is 4.79 Å². The molecule has 4 N–H and O–H groups in total. The number of hydrazone groups is 1. The molecule has 0 bridgehead atoms. The average Bonchev–Trinajstić information content (AvgIpc) is 2.79. The topological polar surface area (TPSA) is 92.0 Å². The number of nitrogens with one attached hydrogen (secondary N) is 2. The number of hydrogen-bond acceptors (Lipinski definition) is 7. The average molecular weight is 438 g/mol. The number of piperidine rings is 1. The van der Waals surface area contributed by atoms with Crippen LogP contribution in [0.15, 0.2) is 47.6 Å². The number of aryl methyl sites for hydroxylation is 1. The van der Waals surface area contributed by atoms with Crippen LogP contribution in [-0.2, 0) is 16.0 Å². The van der Waals surface area contributed by atoms with Gasteiger partial charge in [-0.1, -0.05) is 25.1 Å². The van der Waals surface area contributed by atoms with Crippen molar-refractivity contribution in [3.8, 4) is 0 Å². The highest BCUT2D eigenvalue weighted by molar-refractivity contribution is 5.80. The monoisotopic (exact) mass is 437 g/mol. The fourth-order valence-corrected chi connectivity index (χ4v) is 3.97. The van der Waals surface area contributed by atoms with Gasteiger partial charge in [-0.2, -0.15) is 5.10 Å².